The topological polar surface area (TPSA) is 121 Å². The minimum atomic E-state index is -0.221. The molecule has 3 heterocycles. The summed E-state index contributed by atoms with van der Waals surface area (Å²) in [6.07, 6.45) is 5.07. The van der Waals surface area contributed by atoms with E-state index in [1.54, 1.807) is 34.1 Å². The van der Waals surface area contributed by atoms with E-state index in [2.05, 4.69) is 25.8 Å². The fourth-order valence-corrected chi connectivity index (χ4v) is 3.18. The van der Waals surface area contributed by atoms with Crippen molar-refractivity contribution in [2.24, 2.45) is 0 Å². The number of ether oxygens (including phenoxy) is 3. The summed E-state index contributed by atoms with van der Waals surface area (Å²) in [7, 11) is 4.58. The largest absolute Gasteiger partial charge is 0.493 e. The van der Waals surface area contributed by atoms with Crippen LogP contribution in [0.25, 0.3) is 0 Å². The number of carbonyl (C=O) groups is 1. The number of rotatable bonds is 7. The normalized spacial score (nSPS) is 13.6. The van der Waals surface area contributed by atoms with Gasteiger partial charge in [-0.15, -0.1) is 5.10 Å². The van der Waals surface area contributed by atoms with Gasteiger partial charge in [-0.1, -0.05) is 5.21 Å². The number of hydrogen-bond acceptors (Lipinski definition) is 8. The molecule has 0 saturated carbocycles. The van der Waals surface area contributed by atoms with Crippen LogP contribution in [0.3, 0.4) is 0 Å². The Bertz CT molecular complexity index is 988. The standard InChI is InChI=1S/C18H22N8O4/c1-28-15-6-12(7-16(29-2)17(15)30-3)21-18(27)24-10-14(11-24)25-8-13(22-23-25)9-26-19-4-5-20-26/h4-8,14H,9-11H2,1-3H3,(H,21,27). The summed E-state index contributed by atoms with van der Waals surface area (Å²) >= 11 is 0. The number of aromatic nitrogens is 6. The predicted molar refractivity (Wildman–Crippen MR) is 105 cm³/mol. The number of carbonyl (C=O) groups excluding carboxylic acids is 1. The van der Waals surface area contributed by atoms with Crippen LogP contribution in [0.15, 0.2) is 30.7 Å². The molecule has 12 nitrogen and oxygen atoms in total. The first kappa shape index (κ1) is 19.5. The maximum atomic E-state index is 12.6. The molecule has 1 saturated heterocycles. The molecule has 4 rings (SSSR count). The van der Waals surface area contributed by atoms with Crippen LogP contribution < -0.4 is 19.5 Å². The average Bonchev–Trinajstić information content (AvgIpc) is 3.38. The van der Waals surface area contributed by atoms with Crippen LogP contribution in [0.5, 0.6) is 17.2 Å². The molecule has 0 unspecified atom stereocenters. The first-order valence-corrected chi connectivity index (χ1v) is 9.22. The number of benzene rings is 1. The third-order valence-electron chi connectivity index (χ3n) is 4.77. The third kappa shape index (κ3) is 3.83. The zero-order valence-electron chi connectivity index (χ0n) is 16.8. The van der Waals surface area contributed by atoms with Gasteiger partial charge in [-0.05, 0) is 0 Å². The predicted octanol–water partition coefficient (Wildman–Crippen LogP) is 1.03. The summed E-state index contributed by atoms with van der Waals surface area (Å²) in [6.45, 7) is 1.50. The van der Waals surface area contributed by atoms with E-state index in [1.807, 2.05) is 6.20 Å². The van der Waals surface area contributed by atoms with Gasteiger partial charge in [0.2, 0.25) is 5.75 Å². The van der Waals surface area contributed by atoms with Crippen LogP contribution in [0.2, 0.25) is 0 Å². The SMILES string of the molecule is COc1cc(NC(=O)N2CC(n3cc(Cn4nccn4)nn3)C2)cc(OC)c1OC. The molecule has 12 heteroatoms. The molecule has 1 aliphatic heterocycles. The Labute approximate surface area is 172 Å². The minimum absolute atomic E-state index is 0.0718. The molecule has 1 aliphatic rings. The van der Waals surface area contributed by atoms with Crippen LogP contribution in [-0.4, -0.2) is 75.3 Å². The molecular weight excluding hydrogens is 392 g/mol. The van der Waals surface area contributed by atoms with Crippen LogP contribution in [0.4, 0.5) is 10.5 Å². The Morgan fingerprint density at radius 3 is 2.37 bits per heavy atom. The van der Waals surface area contributed by atoms with E-state index in [0.29, 0.717) is 42.6 Å². The second-order valence-electron chi connectivity index (χ2n) is 6.65. The average molecular weight is 414 g/mol. The zero-order valence-corrected chi connectivity index (χ0v) is 16.8. The van der Waals surface area contributed by atoms with Gasteiger partial charge < -0.3 is 24.4 Å². The molecule has 1 fully saturated rings. The first-order chi connectivity index (χ1) is 14.6. The van der Waals surface area contributed by atoms with E-state index >= 15 is 0 Å². The maximum absolute atomic E-state index is 12.6. The van der Waals surface area contributed by atoms with Crippen molar-refractivity contribution in [3.63, 3.8) is 0 Å². The number of urea groups is 1. The zero-order chi connectivity index (χ0) is 21.1. The van der Waals surface area contributed by atoms with Gasteiger partial charge in [0, 0.05) is 25.2 Å². The molecular formula is C18H22N8O4. The molecule has 30 heavy (non-hydrogen) atoms. The van der Waals surface area contributed by atoms with Gasteiger partial charge in [-0.25, -0.2) is 9.48 Å². The summed E-state index contributed by atoms with van der Waals surface area (Å²) < 4.78 is 17.7. The van der Waals surface area contributed by atoms with Crippen molar-refractivity contribution in [2.45, 2.75) is 12.6 Å². The van der Waals surface area contributed by atoms with Crippen molar-refractivity contribution >= 4 is 11.7 Å². The fourth-order valence-electron chi connectivity index (χ4n) is 3.18. The maximum Gasteiger partial charge on any atom is 0.321 e. The summed E-state index contributed by atoms with van der Waals surface area (Å²) in [5.74, 6) is 1.40. The van der Waals surface area contributed by atoms with Gasteiger partial charge in [0.15, 0.2) is 11.5 Å². The second kappa shape index (κ2) is 8.27. The van der Waals surface area contributed by atoms with Crippen molar-refractivity contribution in [2.75, 3.05) is 39.7 Å². The highest BCUT2D eigenvalue weighted by Crippen LogP contribution is 2.40. The van der Waals surface area contributed by atoms with E-state index in [0.717, 1.165) is 5.69 Å². The fraction of sp³-hybridized carbons (Fsp3) is 0.389. The van der Waals surface area contributed by atoms with Crippen molar-refractivity contribution in [1.29, 1.82) is 0 Å². The molecule has 1 aromatic carbocycles. The molecule has 0 atom stereocenters. The lowest BCUT2D eigenvalue weighted by Crippen LogP contribution is -2.52. The lowest BCUT2D eigenvalue weighted by atomic mass is 10.1. The van der Waals surface area contributed by atoms with Gasteiger partial charge in [0.1, 0.15) is 12.2 Å². The summed E-state index contributed by atoms with van der Waals surface area (Å²) in [6, 6.07) is 3.22. The number of methoxy groups -OCH3 is 3. The Morgan fingerprint density at radius 2 is 1.77 bits per heavy atom. The second-order valence-corrected chi connectivity index (χ2v) is 6.65. The summed E-state index contributed by atoms with van der Waals surface area (Å²) in [5, 5.41) is 19.3. The molecule has 0 radical (unpaired) electrons. The molecule has 2 aromatic heterocycles. The van der Waals surface area contributed by atoms with E-state index < -0.39 is 0 Å². The number of likely N-dealkylation sites (tertiary alicyclic amines) is 1. The van der Waals surface area contributed by atoms with E-state index in [4.69, 9.17) is 14.2 Å². The highest BCUT2D eigenvalue weighted by Gasteiger charge is 2.33. The first-order valence-electron chi connectivity index (χ1n) is 9.22. The molecule has 158 valence electrons. The van der Waals surface area contributed by atoms with Crippen LogP contribution >= 0.6 is 0 Å². The summed E-state index contributed by atoms with van der Waals surface area (Å²) in [4.78, 5) is 15.8. The molecule has 0 spiro atoms. The van der Waals surface area contributed by atoms with Crippen LogP contribution in [0.1, 0.15) is 11.7 Å². The lowest BCUT2D eigenvalue weighted by molar-refractivity contribution is 0.127. The highest BCUT2D eigenvalue weighted by molar-refractivity contribution is 5.90. The van der Waals surface area contributed by atoms with Gasteiger partial charge >= 0.3 is 6.03 Å². The van der Waals surface area contributed by atoms with Crippen molar-refractivity contribution in [1.82, 2.24) is 34.9 Å². The molecule has 1 N–H and O–H groups in total. The molecule has 3 aromatic rings. The van der Waals surface area contributed by atoms with E-state index in [9.17, 15) is 4.79 Å². The van der Waals surface area contributed by atoms with E-state index in [1.165, 1.54) is 26.1 Å². The Balaban J connectivity index is 1.35. The number of amides is 2. The summed E-state index contributed by atoms with van der Waals surface area (Å²) in [5.41, 5.74) is 1.30. The van der Waals surface area contributed by atoms with Gasteiger partial charge in [0.25, 0.3) is 0 Å². The number of anilines is 1. The molecule has 0 bridgehead atoms. The third-order valence-corrected chi connectivity index (χ3v) is 4.77. The smallest absolute Gasteiger partial charge is 0.321 e. The number of nitrogens with one attached hydrogen (secondary N) is 1. The van der Waals surface area contributed by atoms with Crippen LogP contribution in [0, 0.1) is 0 Å². The Morgan fingerprint density at radius 1 is 1.10 bits per heavy atom. The van der Waals surface area contributed by atoms with Crippen LogP contribution in [-0.2, 0) is 6.54 Å². The van der Waals surface area contributed by atoms with Gasteiger partial charge in [0.05, 0.1) is 51.6 Å². The molecule has 2 amide bonds. The molecule has 0 aliphatic carbocycles. The monoisotopic (exact) mass is 414 g/mol. The van der Waals surface area contributed by atoms with Crippen molar-refractivity contribution in [3.8, 4) is 17.2 Å². The number of nitrogens with zero attached hydrogens (tertiary/aromatic N) is 7. The van der Waals surface area contributed by atoms with Gasteiger partial charge in [-0.2, -0.15) is 15.0 Å². The van der Waals surface area contributed by atoms with Crippen molar-refractivity contribution < 1.29 is 19.0 Å². The van der Waals surface area contributed by atoms with E-state index in [-0.39, 0.29) is 12.1 Å². The highest BCUT2D eigenvalue weighted by atomic mass is 16.5. The van der Waals surface area contributed by atoms with Crippen molar-refractivity contribution in [3.05, 3.63) is 36.4 Å². The van der Waals surface area contributed by atoms with Gasteiger partial charge in [-0.3, -0.25) is 0 Å². The minimum Gasteiger partial charge on any atom is -0.493 e. The Hall–Kier alpha value is -3.83. The Kier molecular flexibility index (Phi) is 5.37. The quantitative estimate of drug-likeness (QED) is 0.608. The lowest BCUT2D eigenvalue weighted by Gasteiger charge is -2.38. The number of hydrogen-bond donors (Lipinski definition) is 1.